The Morgan fingerprint density at radius 1 is 1.38 bits per heavy atom. The molecule has 2 aromatic rings. The van der Waals surface area contributed by atoms with Gasteiger partial charge in [0.1, 0.15) is 5.82 Å². The van der Waals surface area contributed by atoms with Crippen molar-refractivity contribution in [1.29, 1.82) is 0 Å². The first kappa shape index (κ1) is 16.4. The molecule has 0 bridgehead atoms. The van der Waals surface area contributed by atoms with Crippen LogP contribution in [0.25, 0.3) is 11.0 Å². The molecule has 0 aliphatic carbocycles. The van der Waals surface area contributed by atoms with Crippen LogP contribution < -0.4 is 11.1 Å². The van der Waals surface area contributed by atoms with E-state index in [0.29, 0.717) is 6.54 Å². The summed E-state index contributed by atoms with van der Waals surface area (Å²) in [5.74, 6) is 0.475. The number of para-hydroxylation sites is 1. The van der Waals surface area contributed by atoms with Crippen LogP contribution in [0.5, 0.6) is 0 Å². The number of carbonyl (C=O) groups excluding carboxylic acids is 2. The average molecular weight is 329 g/mol. The second-order valence-electron chi connectivity index (χ2n) is 6.39. The number of aromatic nitrogens is 2. The zero-order chi connectivity index (χ0) is 17.1. The van der Waals surface area contributed by atoms with Gasteiger partial charge in [0.25, 0.3) is 0 Å². The maximum Gasteiger partial charge on any atom is 0.231 e. The third-order valence-electron chi connectivity index (χ3n) is 4.53. The Kier molecular flexibility index (Phi) is 4.80. The Morgan fingerprint density at radius 3 is 2.79 bits per heavy atom. The number of rotatable bonds is 5. The summed E-state index contributed by atoms with van der Waals surface area (Å²) in [7, 11) is 0. The van der Waals surface area contributed by atoms with Crippen LogP contribution >= 0.6 is 0 Å². The van der Waals surface area contributed by atoms with Crippen LogP contribution in [0.2, 0.25) is 0 Å². The summed E-state index contributed by atoms with van der Waals surface area (Å²) in [5, 5.41) is 2.96. The molecule has 1 aromatic carbocycles. The van der Waals surface area contributed by atoms with Crippen LogP contribution in [-0.4, -0.2) is 46.3 Å². The lowest BCUT2D eigenvalue weighted by atomic mass is 9.96. The van der Waals surface area contributed by atoms with Crippen molar-refractivity contribution in [2.45, 2.75) is 26.3 Å². The number of piperidine rings is 1. The lowest BCUT2D eigenvalue weighted by molar-refractivity contribution is -0.126. The molecule has 0 spiro atoms. The van der Waals surface area contributed by atoms with Crippen LogP contribution in [0, 0.1) is 12.8 Å². The van der Waals surface area contributed by atoms with Crippen LogP contribution in [-0.2, 0) is 16.1 Å². The smallest absolute Gasteiger partial charge is 0.231 e. The normalized spacial score (nSPS) is 16.4. The molecule has 4 N–H and O–H groups in total. The SMILES string of the molecule is Cc1cccc2[nH]c(CNC(=O)C3CCN(CC(N)=O)CC3)nc12. The molecule has 0 saturated carbocycles. The van der Waals surface area contributed by atoms with Crippen LogP contribution in [0.1, 0.15) is 24.2 Å². The van der Waals surface area contributed by atoms with Gasteiger partial charge in [-0.05, 0) is 44.5 Å². The topological polar surface area (TPSA) is 104 Å². The first-order chi connectivity index (χ1) is 11.5. The van der Waals surface area contributed by atoms with Crippen molar-refractivity contribution in [1.82, 2.24) is 20.2 Å². The Bertz CT molecular complexity index is 747. The fraction of sp³-hybridized carbons (Fsp3) is 0.471. The number of hydrogen-bond acceptors (Lipinski definition) is 4. The molecule has 0 atom stereocenters. The average Bonchev–Trinajstić information content (AvgIpc) is 2.97. The summed E-state index contributed by atoms with van der Waals surface area (Å²) in [6.07, 6.45) is 1.50. The highest BCUT2D eigenvalue weighted by Gasteiger charge is 2.25. The summed E-state index contributed by atoms with van der Waals surface area (Å²) in [6.45, 7) is 4.14. The maximum atomic E-state index is 12.3. The largest absolute Gasteiger partial charge is 0.369 e. The summed E-state index contributed by atoms with van der Waals surface area (Å²) in [5.41, 5.74) is 8.25. The van der Waals surface area contributed by atoms with E-state index >= 15 is 0 Å². The minimum atomic E-state index is -0.321. The number of nitrogens with two attached hydrogens (primary N) is 1. The molecule has 7 heteroatoms. The van der Waals surface area contributed by atoms with E-state index in [0.717, 1.165) is 48.4 Å². The lowest BCUT2D eigenvalue weighted by Crippen LogP contribution is -2.43. The van der Waals surface area contributed by atoms with Crippen LogP contribution in [0.4, 0.5) is 0 Å². The molecule has 3 rings (SSSR count). The fourth-order valence-corrected chi connectivity index (χ4v) is 3.20. The summed E-state index contributed by atoms with van der Waals surface area (Å²) in [4.78, 5) is 33.0. The summed E-state index contributed by atoms with van der Waals surface area (Å²) >= 11 is 0. The van der Waals surface area contributed by atoms with Crippen LogP contribution in [0.15, 0.2) is 18.2 Å². The summed E-state index contributed by atoms with van der Waals surface area (Å²) < 4.78 is 0. The molecule has 1 aliphatic rings. The number of benzene rings is 1. The molecule has 1 fully saturated rings. The van der Waals surface area contributed by atoms with Gasteiger partial charge in [0.15, 0.2) is 0 Å². The standard InChI is InChI=1S/C17H23N5O2/c1-11-3-2-4-13-16(11)21-15(20-13)9-19-17(24)12-5-7-22(8-6-12)10-14(18)23/h2-4,12H,5-10H2,1H3,(H2,18,23)(H,19,24)(H,20,21). The molecule has 0 radical (unpaired) electrons. The van der Waals surface area contributed by atoms with Gasteiger partial charge in [0, 0.05) is 5.92 Å². The number of imidazole rings is 1. The van der Waals surface area contributed by atoms with Gasteiger partial charge in [-0.15, -0.1) is 0 Å². The van der Waals surface area contributed by atoms with Crippen molar-refractivity contribution in [2.75, 3.05) is 19.6 Å². The molecular formula is C17H23N5O2. The molecule has 2 amide bonds. The van der Waals surface area contributed by atoms with E-state index in [9.17, 15) is 9.59 Å². The van der Waals surface area contributed by atoms with E-state index in [1.807, 2.05) is 30.0 Å². The van der Waals surface area contributed by atoms with Gasteiger partial charge >= 0.3 is 0 Å². The second-order valence-corrected chi connectivity index (χ2v) is 6.39. The predicted octanol–water partition coefficient (Wildman–Crippen LogP) is 0.685. The minimum Gasteiger partial charge on any atom is -0.369 e. The molecule has 1 aliphatic heterocycles. The number of aryl methyl sites for hydroxylation is 1. The number of carbonyl (C=O) groups is 2. The molecule has 1 saturated heterocycles. The van der Waals surface area contributed by atoms with Gasteiger partial charge in [-0.25, -0.2) is 4.98 Å². The van der Waals surface area contributed by atoms with E-state index < -0.39 is 0 Å². The monoisotopic (exact) mass is 329 g/mol. The van der Waals surface area contributed by atoms with E-state index in [1.54, 1.807) is 0 Å². The molecule has 1 aromatic heterocycles. The highest BCUT2D eigenvalue weighted by molar-refractivity contribution is 5.80. The first-order valence-electron chi connectivity index (χ1n) is 8.25. The molecule has 7 nitrogen and oxygen atoms in total. The zero-order valence-corrected chi connectivity index (χ0v) is 13.8. The molecule has 0 unspecified atom stereocenters. The van der Waals surface area contributed by atoms with E-state index in [4.69, 9.17) is 5.73 Å². The molecule has 128 valence electrons. The van der Waals surface area contributed by atoms with Crippen molar-refractivity contribution in [3.05, 3.63) is 29.6 Å². The van der Waals surface area contributed by atoms with Gasteiger partial charge in [-0.2, -0.15) is 0 Å². The molecule has 2 heterocycles. The maximum absolute atomic E-state index is 12.3. The number of nitrogens with one attached hydrogen (secondary N) is 2. The number of primary amides is 1. The van der Waals surface area contributed by atoms with Gasteiger partial charge < -0.3 is 16.0 Å². The van der Waals surface area contributed by atoms with E-state index in [-0.39, 0.29) is 24.3 Å². The van der Waals surface area contributed by atoms with Crippen molar-refractivity contribution in [2.24, 2.45) is 11.7 Å². The van der Waals surface area contributed by atoms with Crippen LogP contribution in [0.3, 0.4) is 0 Å². The minimum absolute atomic E-state index is 0.0137. The Balaban J connectivity index is 1.52. The Labute approximate surface area is 140 Å². The quantitative estimate of drug-likeness (QED) is 0.750. The van der Waals surface area contributed by atoms with Gasteiger partial charge in [-0.1, -0.05) is 12.1 Å². The number of amides is 2. The van der Waals surface area contributed by atoms with Crippen molar-refractivity contribution >= 4 is 22.8 Å². The highest BCUT2D eigenvalue weighted by atomic mass is 16.2. The Hall–Kier alpha value is -2.41. The number of nitrogens with zero attached hydrogens (tertiary/aromatic N) is 2. The fourth-order valence-electron chi connectivity index (χ4n) is 3.20. The van der Waals surface area contributed by atoms with Crippen molar-refractivity contribution in [3.8, 4) is 0 Å². The van der Waals surface area contributed by atoms with E-state index in [2.05, 4.69) is 15.3 Å². The number of hydrogen-bond donors (Lipinski definition) is 3. The lowest BCUT2D eigenvalue weighted by Gasteiger charge is -2.30. The second kappa shape index (κ2) is 7.00. The van der Waals surface area contributed by atoms with Crippen molar-refractivity contribution < 1.29 is 9.59 Å². The number of H-pyrrole nitrogens is 1. The number of fused-ring (bicyclic) bond motifs is 1. The third kappa shape index (κ3) is 3.73. The van der Waals surface area contributed by atoms with Gasteiger partial charge in [0.05, 0.1) is 24.1 Å². The highest BCUT2D eigenvalue weighted by Crippen LogP contribution is 2.18. The number of likely N-dealkylation sites (tertiary alicyclic amines) is 1. The molecular weight excluding hydrogens is 306 g/mol. The zero-order valence-electron chi connectivity index (χ0n) is 13.8. The van der Waals surface area contributed by atoms with E-state index in [1.165, 1.54) is 0 Å². The molecule has 24 heavy (non-hydrogen) atoms. The van der Waals surface area contributed by atoms with Gasteiger partial charge in [0.2, 0.25) is 11.8 Å². The third-order valence-corrected chi connectivity index (χ3v) is 4.53. The van der Waals surface area contributed by atoms with Gasteiger partial charge in [-0.3, -0.25) is 14.5 Å². The predicted molar refractivity (Wildman–Crippen MR) is 91.0 cm³/mol. The number of aromatic amines is 1. The van der Waals surface area contributed by atoms with Crippen molar-refractivity contribution in [3.63, 3.8) is 0 Å². The first-order valence-corrected chi connectivity index (χ1v) is 8.25. The summed E-state index contributed by atoms with van der Waals surface area (Å²) in [6, 6.07) is 5.98. The Morgan fingerprint density at radius 2 is 2.12 bits per heavy atom.